The van der Waals surface area contributed by atoms with Crippen molar-refractivity contribution < 1.29 is 24.2 Å². The molecule has 0 heterocycles. The molecule has 7 heteroatoms. The Bertz CT molecular complexity index is 504. The van der Waals surface area contributed by atoms with Gasteiger partial charge in [0, 0.05) is 7.05 Å². The third kappa shape index (κ3) is 4.41. The van der Waals surface area contributed by atoms with E-state index >= 15 is 0 Å². The summed E-state index contributed by atoms with van der Waals surface area (Å²) < 4.78 is 11.3. The predicted molar refractivity (Wildman–Crippen MR) is 76.4 cm³/mol. The van der Waals surface area contributed by atoms with Gasteiger partial charge in [-0.2, -0.15) is 0 Å². The second kappa shape index (κ2) is 7.74. The monoisotopic (exact) mass is 345 g/mol. The van der Waals surface area contributed by atoms with Crippen LogP contribution in [-0.4, -0.2) is 37.2 Å². The van der Waals surface area contributed by atoms with Gasteiger partial charge >= 0.3 is 5.97 Å². The Morgan fingerprint density at radius 1 is 1.35 bits per heavy atom. The van der Waals surface area contributed by atoms with E-state index in [4.69, 9.17) is 14.6 Å². The summed E-state index contributed by atoms with van der Waals surface area (Å²) in [6.45, 7) is 2.34. The number of carboxylic acid groups (broad SMARTS) is 1. The van der Waals surface area contributed by atoms with Gasteiger partial charge in [0.05, 0.1) is 29.7 Å². The minimum absolute atomic E-state index is 0.0963. The maximum Gasteiger partial charge on any atom is 0.335 e. The van der Waals surface area contributed by atoms with Crippen LogP contribution < -0.4 is 14.8 Å². The highest BCUT2D eigenvalue weighted by Crippen LogP contribution is 2.37. The third-order valence-corrected chi connectivity index (χ3v) is 3.00. The van der Waals surface area contributed by atoms with Crippen molar-refractivity contribution in [3.05, 3.63) is 22.2 Å². The number of ether oxygens (including phenoxy) is 2. The van der Waals surface area contributed by atoms with Gasteiger partial charge in [-0.3, -0.25) is 4.79 Å². The van der Waals surface area contributed by atoms with Crippen LogP contribution in [0.3, 0.4) is 0 Å². The van der Waals surface area contributed by atoms with E-state index in [0.717, 1.165) is 0 Å². The van der Waals surface area contributed by atoms with Crippen LogP contribution in [0.15, 0.2) is 16.6 Å². The van der Waals surface area contributed by atoms with Crippen molar-refractivity contribution in [2.45, 2.75) is 13.3 Å². The Balaban J connectivity index is 2.92. The summed E-state index contributed by atoms with van der Waals surface area (Å²) >= 11 is 3.25. The van der Waals surface area contributed by atoms with Crippen molar-refractivity contribution in [1.29, 1.82) is 0 Å². The lowest BCUT2D eigenvalue weighted by Crippen LogP contribution is -2.20. The Kier molecular flexibility index (Phi) is 6.30. The van der Waals surface area contributed by atoms with Gasteiger partial charge in [0.1, 0.15) is 0 Å². The fourth-order valence-corrected chi connectivity index (χ4v) is 2.02. The smallest absolute Gasteiger partial charge is 0.335 e. The predicted octanol–water partition coefficient (Wildman–Crippen LogP) is 2.06. The fraction of sp³-hybridized carbons (Fsp3) is 0.385. The van der Waals surface area contributed by atoms with Gasteiger partial charge in [0.2, 0.25) is 5.91 Å². The Labute approximate surface area is 125 Å². The number of hydrogen-bond acceptors (Lipinski definition) is 4. The topological polar surface area (TPSA) is 84.9 Å². The zero-order valence-electron chi connectivity index (χ0n) is 11.2. The SMILES string of the molecule is CCOc1cc(C(=O)O)cc(Br)c1OCCC(=O)NC. The molecule has 6 nitrogen and oxygen atoms in total. The van der Waals surface area contributed by atoms with E-state index in [0.29, 0.717) is 22.6 Å². The standard InChI is InChI=1S/C13H16BrNO5/c1-3-19-10-7-8(13(17)18)6-9(14)12(10)20-5-4-11(16)15-2/h6-7H,3-5H2,1-2H3,(H,15,16)(H,17,18). The average Bonchev–Trinajstić information content (AvgIpc) is 2.41. The number of carbonyl (C=O) groups excluding carboxylic acids is 1. The zero-order valence-corrected chi connectivity index (χ0v) is 12.8. The molecule has 0 unspecified atom stereocenters. The van der Waals surface area contributed by atoms with Crippen LogP contribution in [0.5, 0.6) is 11.5 Å². The highest BCUT2D eigenvalue weighted by atomic mass is 79.9. The molecule has 0 fully saturated rings. The van der Waals surface area contributed by atoms with Crippen LogP contribution >= 0.6 is 15.9 Å². The van der Waals surface area contributed by atoms with E-state index < -0.39 is 5.97 Å². The van der Waals surface area contributed by atoms with Crippen LogP contribution in [0.2, 0.25) is 0 Å². The number of carboxylic acids is 1. The first-order valence-corrected chi connectivity index (χ1v) is 6.81. The summed E-state index contributed by atoms with van der Waals surface area (Å²) in [6.07, 6.45) is 0.204. The van der Waals surface area contributed by atoms with E-state index in [9.17, 15) is 9.59 Å². The van der Waals surface area contributed by atoms with Crippen LogP contribution in [0, 0.1) is 0 Å². The number of halogens is 1. The van der Waals surface area contributed by atoms with E-state index in [1.54, 1.807) is 14.0 Å². The van der Waals surface area contributed by atoms with Crippen LogP contribution in [0.1, 0.15) is 23.7 Å². The molecule has 0 aliphatic heterocycles. The van der Waals surface area contributed by atoms with E-state index in [2.05, 4.69) is 21.2 Å². The van der Waals surface area contributed by atoms with Gasteiger partial charge < -0.3 is 19.9 Å². The van der Waals surface area contributed by atoms with Crippen LogP contribution in [0.4, 0.5) is 0 Å². The molecule has 0 saturated carbocycles. The third-order valence-electron chi connectivity index (χ3n) is 2.41. The summed E-state index contributed by atoms with van der Waals surface area (Å²) in [6, 6.07) is 2.83. The number of aromatic carboxylic acids is 1. The lowest BCUT2D eigenvalue weighted by Gasteiger charge is -2.14. The fourth-order valence-electron chi connectivity index (χ4n) is 1.47. The van der Waals surface area contributed by atoms with Crippen molar-refractivity contribution in [1.82, 2.24) is 5.32 Å². The number of carbonyl (C=O) groups is 2. The number of benzene rings is 1. The molecule has 20 heavy (non-hydrogen) atoms. The normalized spacial score (nSPS) is 9.95. The summed E-state index contributed by atoms with van der Waals surface area (Å²) in [7, 11) is 1.55. The van der Waals surface area contributed by atoms with Crippen molar-refractivity contribution in [2.24, 2.45) is 0 Å². The molecule has 110 valence electrons. The minimum atomic E-state index is -1.05. The number of nitrogens with one attached hydrogen (secondary N) is 1. The molecule has 0 radical (unpaired) electrons. The van der Waals surface area contributed by atoms with Gasteiger partial charge in [-0.25, -0.2) is 4.79 Å². The molecule has 0 atom stereocenters. The van der Waals surface area contributed by atoms with Gasteiger partial charge in [0.25, 0.3) is 0 Å². The summed E-state index contributed by atoms with van der Waals surface area (Å²) in [5, 5.41) is 11.5. The molecular weight excluding hydrogens is 330 g/mol. The van der Waals surface area contributed by atoms with Crippen LogP contribution in [0.25, 0.3) is 0 Å². The number of rotatable bonds is 7. The van der Waals surface area contributed by atoms with E-state index in [1.165, 1.54) is 12.1 Å². The molecule has 2 N–H and O–H groups in total. The molecule has 1 aromatic rings. The minimum Gasteiger partial charge on any atom is -0.490 e. The first-order chi connectivity index (χ1) is 9.49. The first kappa shape index (κ1) is 16.3. The molecule has 0 aliphatic rings. The largest absolute Gasteiger partial charge is 0.490 e. The molecule has 0 aromatic heterocycles. The first-order valence-electron chi connectivity index (χ1n) is 6.02. The molecule has 0 saturated heterocycles. The van der Waals surface area contributed by atoms with E-state index in [-0.39, 0.29) is 24.5 Å². The van der Waals surface area contributed by atoms with Gasteiger partial charge in [0.15, 0.2) is 11.5 Å². The molecular formula is C13H16BrNO5. The van der Waals surface area contributed by atoms with Crippen molar-refractivity contribution in [3.8, 4) is 11.5 Å². The van der Waals surface area contributed by atoms with E-state index in [1.807, 2.05) is 0 Å². The maximum atomic E-state index is 11.1. The maximum absolute atomic E-state index is 11.1. The Hall–Kier alpha value is -1.76. The number of hydrogen-bond donors (Lipinski definition) is 2. The average molecular weight is 346 g/mol. The molecule has 0 aliphatic carbocycles. The molecule has 0 bridgehead atoms. The second-order valence-electron chi connectivity index (χ2n) is 3.80. The molecule has 1 amide bonds. The summed E-state index contributed by atoms with van der Waals surface area (Å²) in [4.78, 5) is 22.1. The molecule has 0 spiro atoms. The summed E-state index contributed by atoms with van der Waals surface area (Å²) in [5.41, 5.74) is 0.0963. The Morgan fingerprint density at radius 2 is 2.05 bits per heavy atom. The molecule has 1 aromatic carbocycles. The highest BCUT2D eigenvalue weighted by molar-refractivity contribution is 9.10. The quantitative estimate of drug-likeness (QED) is 0.790. The molecule has 1 rings (SSSR count). The van der Waals surface area contributed by atoms with Gasteiger partial charge in [-0.15, -0.1) is 0 Å². The van der Waals surface area contributed by atoms with Crippen LogP contribution in [-0.2, 0) is 4.79 Å². The zero-order chi connectivity index (χ0) is 15.1. The van der Waals surface area contributed by atoms with Crippen molar-refractivity contribution in [3.63, 3.8) is 0 Å². The lowest BCUT2D eigenvalue weighted by molar-refractivity contribution is -0.121. The van der Waals surface area contributed by atoms with Crippen molar-refractivity contribution in [2.75, 3.05) is 20.3 Å². The van der Waals surface area contributed by atoms with Gasteiger partial charge in [-0.1, -0.05) is 0 Å². The highest BCUT2D eigenvalue weighted by Gasteiger charge is 2.15. The second-order valence-corrected chi connectivity index (χ2v) is 4.65. The lowest BCUT2D eigenvalue weighted by atomic mass is 10.2. The van der Waals surface area contributed by atoms with Crippen molar-refractivity contribution >= 4 is 27.8 Å². The summed E-state index contributed by atoms with van der Waals surface area (Å²) in [5.74, 6) is -0.471. The van der Waals surface area contributed by atoms with Gasteiger partial charge in [-0.05, 0) is 35.0 Å². The number of amides is 1. The Morgan fingerprint density at radius 3 is 2.60 bits per heavy atom.